The van der Waals surface area contributed by atoms with Crippen molar-refractivity contribution in [1.82, 2.24) is 14.8 Å². The smallest absolute Gasteiger partial charge is 0.164 e. The Morgan fingerprint density at radius 2 is 2.18 bits per heavy atom. The Balaban J connectivity index is 2.20. The van der Waals surface area contributed by atoms with Crippen LogP contribution in [-0.2, 0) is 6.42 Å². The van der Waals surface area contributed by atoms with Crippen LogP contribution in [0.2, 0.25) is 0 Å². The van der Waals surface area contributed by atoms with Crippen LogP contribution in [0.25, 0.3) is 5.69 Å². The Morgan fingerprint density at radius 1 is 1.35 bits per heavy atom. The summed E-state index contributed by atoms with van der Waals surface area (Å²) in [4.78, 5) is 11.8. The summed E-state index contributed by atoms with van der Waals surface area (Å²) in [5.41, 5.74) is 5.11. The standard InChI is InChI=1S/C13H15N3O/c1-8-13(9(2)15-14-8)16-7-6-10-11(16)4-3-5-12(10)17/h6-7H,3-5H2,1-2H3,(H,14,15). The maximum absolute atomic E-state index is 11.8. The van der Waals surface area contributed by atoms with Gasteiger partial charge in [-0.3, -0.25) is 9.89 Å². The number of aromatic amines is 1. The maximum atomic E-state index is 11.8. The predicted octanol–water partition coefficient (Wildman–Crippen LogP) is 2.34. The van der Waals surface area contributed by atoms with Gasteiger partial charge in [0.1, 0.15) is 0 Å². The molecular formula is C13H15N3O. The number of nitrogens with one attached hydrogen (secondary N) is 1. The summed E-state index contributed by atoms with van der Waals surface area (Å²) in [6, 6.07) is 1.93. The fraction of sp³-hybridized carbons (Fsp3) is 0.385. The van der Waals surface area contributed by atoms with E-state index in [0.717, 1.165) is 41.2 Å². The molecular weight excluding hydrogens is 214 g/mol. The zero-order valence-corrected chi connectivity index (χ0v) is 10.1. The summed E-state index contributed by atoms with van der Waals surface area (Å²) in [7, 11) is 0. The Bertz CT molecular complexity index is 572. The number of H-pyrrole nitrogens is 1. The van der Waals surface area contributed by atoms with Gasteiger partial charge in [-0.25, -0.2) is 0 Å². The first-order valence-electron chi connectivity index (χ1n) is 5.94. The van der Waals surface area contributed by atoms with E-state index in [1.165, 1.54) is 0 Å². The van der Waals surface area contributed by atoms with Gasteiger partial charge in [0.2, 0.25) is 0 Å². The molecule has 1 N–H and O–H groups in total. The molecule has 0 aliphatic heterocycles. The highest BCUT2D eigenvalue weighted by atomic mass is 16.1. The minimum atomic E-state index is 0.267. The molecule has 3 rings (SSSR count). The lowest BCUT2D eigenvalue weighted by atomic mass is 9.96. The van der Waals surface area contributed by atoms with Gasteiger partial charge in [0.25, 0.3) is 0 Å². The van der Waals surface area contributed by atoms with Crippen molar-refractivity contribution in [1.29, 1.82) is 0 Å². The highest BCUT2D eigenvalue weighted by Gasteiger charge is 2.22. The van der Waals surface area contributed by atoms with E-state index in [1.807, 2.05) is 26.1 Å². The molecule has 0 saturated carbocycles. The molecule has 0 fully saturated rings. The van der Waals surface area contributed by atoms with Gasteiger partial charge in [0.15, 0.2) is 5.78 Å². The van der Waals surface area contributed by atoms with Crippen LogP contribution in [0.3, 0.4) is 0 Å². The molecule has 2 heterocycles. The molecule has 0 aromatic carbocycles. The fourth-order valence-corrected chi connectivity index (χ4v) is 2.63. The number of hydrogen-bond donors (Lipinski definition) is 1. The first kappa shape index (κ1) is 10.3. The highest BCUT2D eigenvalue weighted by molar-refractivity contribution is 5.98. The van der Waals surface area contributed by atoms with Crippen LogP contribution >= 0.6 is 0 Å². The van der Waals surface area contributed by atoms with Gasteiger partial charge in [-0.2, -0.15) is 5.10 Å². The number of hydrogen-bond acceptors (Lipinski definition) is 2. The van der Waals surface area contributed by atoms with E-state index >= 15 is 0 Å². The molecule has 0 spiro atoms. The number of ketones is 1. The second kappa shape index (κ2) is 3.58. The van der Waals surface area contributed by atoms with E-state index in [-0.39, 0.29) is 5.78 Å². The number of nitrogens with zero attached hydrogens (tertiary/aromatic N) is 2. The van der Waals surface area contributed by atoms with E-state index < -0.39 is 0 Å². The maximum Gasteiger partial charge on any atom is 0.164 e. The molecule has 2 aromatic rings. The zero-order chi connectivity index (χ0) is 12.0. The topological polar surface area (TPSA) is 50.7 Å². The van der Waals surface area contributed by atoms with Crippen LogP contribution in [0.15, 0.2) is 12.3 Å². The lowest BCUT2D eigenvalue weighted by Crippen LogP contribution is -2.12. The first-order valence-corrected chi connectivity index (χ1v) is 5.94. The van der Waals surface area contributed by atoms with Crippen LogP contribution < -0.4 is 0 Å². The van der Waals surface area contributed by atoms with Crippen molar-refractivity contribution in [2.75, 3.05) is 0 Å². The van der Waals surface area contributed by atoms with Crippen LogP contribution in [0.4, 0.5) is 0 Å². The van der Waals surface area contributed by atoms with Crippen molar-refractivity contribution in [2.45, 2.75) is 33.1 Å². The van der Waals surface area contributed by atoms with Crippen molar-refractivity contribution < 1.29 is 4.79 Å². The largest absolute Gasteiger partial charge is 0.317 e. The fourth-order valence-electron chi connectivity index (χ4n) is 2.63. The van der Waals surface area contributed by atoms with Gasteiger partial charge in [-0.1, -0.05) is 0 Å². The van der Waals surface area contributed by atoms with Crippen molar-refractivity contribution in [3.8, 4) is 5.69 Å². The van der Waals surface area contributed by atoms with Gasteiger partial charge >= 0.3 is 0 Å². The number of carbonyl (C=O) groups is 1. The number of Topliss-reactive ketones (excluding diaryl/α,β-unsaturated/α-hetero) is 1. The number of aryl methyl sites for hydroxylation is 2. The van der Waals surface area contributed by atoms with E-state index in [2.05, 4.69) is 14.8 Å². The monoisotopic (exact) mass is 229 g/mol. The predicted molar refractivity (Wildman–Crippen MR) is 64.7 cm³/mol. The SMILES string of the molecule is Cc1n[nH]c(C)c1-n1ccc2c1CCCC2=O. The van der Waals surface area contributed by atoms with E-state index in [9.17, 15) is 4.79 Å². The third kappa shape index (κ3) is 1.44. The molecule has 0 unspecified atom stereocenters. The van der Waals surface area contributed by atoms with E-state index in [4.69, 9.17) is 0 Å². The van der Waals surface area contributed by atoms with Crippen LogP contribution in [-0.4, -0.2) is 20.5 Å². The first-order chi connectivity index (χ1) is 8.18. The molecule has 1 aliphatic rings. The van der Waals surface area contributed by atoms with Gasteiger partial charge in [0, 0.05) is 23.9 Å². The summed E-state index contributed by atoms with van der Waals surface area (Å²) >= 11 is 0. The minimum Gasteiger partial charge on any atom is -0.317 e. The van der Waals surface area contributed by atoms with Crippen LogP contribution in [0.1, 0.15) is 40.3 Å². The molecule has 1 aliphatic carbocycles. The van der Waals surface area contributed by atoms with Gasteiger partial charge < -0.3 is 4.57 Å². The number of rotatable bonds is 1. The molecule has 2 aromatic heterocycles. The molecule has 0 amide bonds. The molecule has 0 atom stereocenters. The summed E-state index contributed by atoms with van der Waals surface area (Å²) in [6.07, 6.45) is 4.59. The number of aromatic nitrogens is 3. The molecule has 0 saturated heterocycles. The van der Waals surface area contributed by atoms with Crippen molar-refractivity contribution in [3.63, 3.8) is 0 Å². The lowest BCUT2D eigenvalue weighted by molar-refractivity contribution is 0.0972. The molecule has 0 bridgehead atoms. The average Bonchev–Trinajstić information content (AvgIpc) is 2.84. The van der Waals surface area contributed by atoms with Crippen molar-refractivity contribution in [2.24, 2.45) is 0 Å². The highest BCUT2D eigenvalue weighted by Crippen LogP contribution is 2.27. The Morgan fingerprint density at radius 3 is 2.88 bits per heavy atom. The van der Waals surface area contributed by atoms with E-state index in [0.29, 0.717) is 6.42 Å². The number of fused-ring (bicyclic) bond motifs is 1. The van der Waals surface area contributed by atoms with Crippen LogP contribution in [0.5, 0.6) is 0 Å². The third-order valence-corrected chi connectivity index (χ3v) is 3.44. The normalized spacial score (nSPS) is 15.1. The Labute approximate surface area is 99.7 Å². The number of carbonyl (C=O) groups excluding carboxylic acids is 1. The quantitative estimate of drug-likeness (QED) is 0.816. The van der Waals surface area contributed by atoms with Crippen LogP contribution in [0, 0.1) is 13.8 Å². The lowest BCUT2D eigenvalue weighted by Gasteiger charge is -2.15. The van der Waals surface area contributed by atoms with Crippen molar-refractivity contribution >= 4 is 5.78 Å². The third-order valence-electron chi connectivity index (χ3n) is 3.44. The molecule has 88 valence electrons. The summed E-state index contributed by atoms with van der Waals surface area (Å²) in [5.74, 6) is 0.267. The molecule has 17 heavy (non-hydrogen) atoms. The van der Waals surface area contributed by atoms with Gasteiger partial charge in [0.05, 0.1) is 17.1 Å². The van der Waals surface area contributed by atoms with E-state index in [1.54, 1.807) is 0 Å². The molecule has 4 nitrogen and oxygen atoms in total. The zero-order valence-electron chi connectivity index (χ0n) is 10.1. The van der Waals surface area contributed by atoms with Gasteiger partial charge in [-0.15, -0.1) is 0 Å². The molecule has 0 radical (unpaired) electrons. The van der Waals surface area contributed by atoms with Gasteiger partial charge in [-0.05, 0) is 32.8 Å². The Kier molecular flexibility index (Phi) is 2.18. The average molecular weight is 229 g/mol. The second-order valence-electron chi connectivity index (χ2n) is 4.61. The Hall–Kier alpha value is -1.84. The molecule has 4 heteroatoms. The summed E-state index contributed by atoms with van der Waals surface area (Å²) in [5, 5.41) is 7.20. The van der Waals surface area contributed by atoms with Crippen molar-refractivity contribution in [3.05, 3.63) is 34.9 Å². The summed E-state index contributed by atoms with van der Waals surface area (Å²) < 4.78 is 2.11. The second-order valence-corrected chi connectivity index (χ2v) is 4.61. The minimum absolute atomic E-state index is 0.267. The summed E-state index contributed by atoms with van der Waals surface area (Å²) in [6.45, 7) is 3.99.